The highest BCUT2D eigenvalue weighted by molar-refractivity contribution is 9.10. The number of fused-ring (bicyclic) bond motifs is 1. The lowest BCUT2D eigenvalue weighted by molar-refractivity contribution is 0.101. The highest BCUT2D eigenvalue weighted by Gasteiger charge is 2.23. The predicted octanol–water partition coefficient (Wildman–Crippen LogP) is 4.73. The summed E-state index contributed by atoms with van der Waals surface area (Å²) in [5.41, 5.74) is 2.08. The highest BCUT2D eigenvalue weighted by atomic mass is 79.9. The van der Waals surface area contributed by atoms with Gasteiger partial charge in [-0.1, -0.05) is 15.9 Å². The number of carbonyl (C=O) groups excluding carboxylic acids is 1. The van der Waals surface area contributed by atoms with Gasteiger partial charge in [0, 0.05) is 36.9 Å². The van der Waals surface area contributed by atoms with Gasteiger partial charge in [0.05, 0.1) is 16.8 Å². The molecule has 0 bridgehead atoms. The zero-order chi connectivity index (χ0) is 23.0. The van der Waals surface area contributed by atoms with Crippen molar-refractivity contribution in [2.75, 3.05) is 25.8 Å². The van der Waals surface area contributed by atoms with Gasteiger partial charge in [-0.2, -0.15) is 0 Å². The van der Waals surface area contributed by atoms with Crippen LogP contribution in [0.15, 0.2) is 28.9 Å². The monoisotopic (exact) mass is 409 g/mol. The lowest BCUT2D eigenvalue weighted by atomic mass is 9.85. The van der Waals surface area contributed by atoms with Crippen LogP contribution in [0.5, 0.6) is 0 Å². The SMILES string of the molecule is [2H]C([2H])([2H])N(CC1CCC(Nc2c(C(C)=O)cnc3ccc(Br)cc23)CC1)C([2H])([2H])[2H]. The summed E-state index contributed by atoms with van der Waals surface area (Å²) >= 11 is 3.48. The van der Waals surface area contributed by atoms with Crippen LogP contribution in [0.2, 0.25) is 0 Å². The molecule has 1 aromatic carbocycles. The number of Topliss-reactive ketones (excluding diaryl/α,β-unsaturated/α-hetero) is 1. The van der Waals surface area contributed by atoms with Crippen molar-refractivity contribution in [3.05, 3.63) is 34.4 Å². The first kappa shape index (κ1) is 12.0. The third-order valence-corrected chi connectivity index (χ3v) is 5.34. The van der Waals surface area contributed by atoms with Gasteiger partial charge < -0.3 is 10.2 Å². The molecular formula is C20H26BrN3O. The fourth-order valence-electron chi connectivity index (χ4n) is 3.54. The number of ketones is 1. The summed E-state index contributed by atoms with van der Waals surface area (Å²) in [5.74, 6) is -0.0777. The molecule has 1 heterocycles. The van der Waals surface area contributed by atoms with E-state index in [2.05, 4.69) is 26.2 Å². The van der Waals surface area contributed by atoms with E-state index in [9.17, 15) is 4.79 Å². The summed E-state index contributed by atoms with van der Waals surface area (Å²) < 4.78 is 46.2. The van der Waals surface area contributed by atoms with E-state index in [1.807, 2.05) is 18.2 Å². The van der Waals surface area contributed by atoms with Crippen LogP contribution in [-0.4, -0.2) is 42.2 Å². The van der Waals surface area contributed by atoms with Gasteiger partial charge >= 0.3 is 0 Å². The van der Waals surface area contributed by atoms with E-state index in [0.717, 1.165) is 33.9 Å². The van der Waals surface area contributed by atoms with Gasteiger partial charge in [0.15, 0.2) is 5.78 Å². The number of anilines is 1. The van der Waals surface area contributed by atoms with E-state index in [1.165, 1.54) is 6.92 Å². The van der Waals surface area contributed by atoms with Crippen LogP contribution in [0.3, 0.4) is 0 Å². The Morgan fingerprint density at radius 2 is 2.12 bits per heavy atom. The van der Waals surface area contributed by atoms with Gasteiger partial charge in [0.2, 0.25) is 0 Å². The Balaban J connectivity index is 1.74. The quantitative estimate of drug-likeness (QED) is 0.724. The Labute approximate surface area is 166 Å². The maximum Gasteiger partial charge on any atom is 0.163 e. The fourth-order valence-corrected chi connectivity index (χ4v) is 3.90. The molecule has 4 nitrogen and oxygen atoms in total. The van der Waals surface area contributed by atoms with E-state index in [-0.39, 0.29) is 24.3 Å². The van der Waals surface area contributed by atoms with Gasteiger partial charge in [0.25, 0.3) is 0 Å². The molecule has 0 amide bonds. The minimum Gasteiger partial charge on any atom is -0.381 e. The number of rotatable bonds is 5. The van der Waals surface area contributed by atoms with Crippen molar-refractivity contribution in [2.24, 2.45) is 5.92 Å². The summed E-state index contributed by atoms with van der Waals surface area (Å²) in [6.45, 7) is -3.77. The van der Waals surface area contributed by atoms with Gasteiger partial charge in [-0.25, -0.2) is 0 Å². The number of pyridine rings is 1. The van der Waals surface area contributed by atoms with E-state index >= 15 is 0 Å². The minimum absolute atomic E-state index is 0.00509. The molecule has 0 aliphatic heterocycles. The number of hydrogen-bond acceptors (Lipinski definition) is 4. The van der Waals surface area contributed by atoms with Crippen LogP contribution in [0.1, 0.15) is 51.2 Å². The van der Waals surface area contributed by atoms with E-state index < -0.39 is 14.0 Å². The summed E-state index contributed by atoms with van der Waals surface area (Å²) in [4.78, 5) is 17.2. The molecule has 0 atom stereocenters. The normalized spacial score (nSPS) is 25.4. The molecule has 1 N–H and O–H groups in total. The Bertz CT molecular complexity index is 940. The molecule has 3 rings (SSSR count). The molecule has 1 aromatic heterocycles. The minimum atomic E-state index is -2.65. The second-order valence-electron chi connectivity index (χ2n) is 6.74. The number of aromatic nitrogens is 1. The summed E-state index contributed by atoms with van der Waals surface area (Å²) in [6.07, 6.45) is 4.54. The zero-order valence-electron chi connectivity index (χ0n) is 20.2. The fraction of sp³-hybridized carbons (Fsp3) is 0.500. The van der Waals surface area contributed by atoms with Crippen molar-refractivity contribution in [3.8, 4) is 0 Å². The Kier molecular flexibility index (Phi) is 3.77. The third-order valence-electron chi connectivity index (χ3n) is 4.85. The average molecular weight is 410 g/mol. The number of benzene rings is 1. The van der Waals surface area contributed by atoms with Crippen molar-refractivity contribution in [1.82, 2.24) is 9.88 Å². The number of nitrogens with one attached hydrogen (secondary N) is 1. The lowest BCUT2D eigenvalue weighted by Gasteiger charge is -2.32. The van der Waals surface area contributed by atoms with E-state index in [0.29, 0.717) is 23.3 Å². The van der Waals surface area contributed by atoms with Gasteiger partial charge in [0.1, 0.15) is 0 Å². The number of hydrogen-bond donors (Lipinski definition) is 1. The molecule has 25 heavy (non-hydrogen) atoms. The first-order valence-electron chi connectivity index (χ1n) is 11.5. The topological polar surface area (TPSA) is 45.2 Å². The summed E-state index contributed by atoms with van der Waals surface area (Å²) in [6, 6.07) is 5.84. The first-order chi connectivity index (χ1) is 14.4. The molecule has 1 saturated carbocycles. The maximum atomic E-state index is 12.2. The molecule has 0 saturated heterocycles. The molecule has 0 spiro atoms. The van der Waals surface area contributed by atoms with Crippen LogP contribution in [0.25, 0.3) is 10.9 Å². The molecular weight excluding hydrogens is 378 g/mol. The summed E-state index contributed by atoms with van der Waals surface area (Å²) in [5, 5.41) is 4.38. The molecule has 0 unspecified atom stereocenters. The van der Waals surface area contributed by atoms with Crippen molar-refractivity contribution in [1.29, 1.82) is 0 Å². The molecule has 5 heteroatoms. The molecule has 1 fully saturated rings. The zero-order valence-corrected chi connectivity index (χ0v) is 15.8. The van der Waals surface area contributed by atoms with Crippen molar-refractivity contribution in [3.63, 3.8) is 0 Å². The van der Waals surface area contributed by atoms with Crippen LogP contribution in [0.4, 0.5) is 5.69 Å². The second-order valence-corrected chi connectivity index (χ2v) is 7.65. The smallest absolute Gasteiger partial charge is 0.163 e. The molecule has 134 valence electrons. The maximum absolute atomic E-state index is 12.2. The molecule has 1 aliphatic rings. The Morgan fingerprint density at radius 3 is 2.80 bits per heavy atom. The molecule has 2 aromatic rings. The van der Waals surface area contributed by atoms with Gasteiger partial charge in [-0.3, -0.25) is 9.78 Å². The van der Waals surface area contributed by atoms with Crippen molar-refractivity contribution < 1.29 is 13.0 Å². The van der Waals surface area contributed by atoms with Crippen molar-refractivity contribution >= 4 is 38.3 Å². The second kappa shape index (κ2) is 7.83. The van der Waals surface area contributed by atoms with Crippen LogP contribution in [-0.2, 0) is 0 Å². The third kappa shape index (κ3) is 4.39. The predicted molar refractivity (Wildman–Crippen MR) is 107 cm³/mol. The van der Waals surface area contributed by atoms with Gasteiger partial charge in [-0.05, 0) is 70.7 Å². The van der Waals surface area contributed by atoms with Gasteiger partial charge in [-0.15, -0.1) is 0 Å². The van der Waals surface area contributed by atoms with Crippen LogP contribution in [0, 0.1) is 5.92 Å². The Hall–Kier alpha value is -1.46. The Morgan fingerprint density at radius 1 is 1.36 bits per heavy atom. The lowest BCUT2D eigenvalue weighted by Crippen LogP contribution is -2.31. The van der Waals surface area contributed by atoms with Crippen LogP contribution < -0.4 is 5.32 Å². The first-order valence-corrected chi connectivity index (χ1v) is 9.29. The molecule has 0 radical (unpaired) electrons. The largest absolute Gasteiger partial charge is 0.381 e. The van der Waals surface area contributed by atoms with E-state index in [1.54, 1.807) is 6.20 Å². The summed E-state index contributed by atoms with van der Waals surface area (Å²) in [7, 11) is 0. The highest BCUT2D eigenvalue weighted by Crippen LogP contribution is 2.33. The van der Waals surface area contributed by atoms with Crippen molar-refractivity contribution in [2.45, 2.75) is 38.6 Å². The number of carbonyl (C=O) groups is 1. The van der Waals surface area contributed by atoms with Crippen LogP contribution >= 0.6 is 15.9 Å². The average Bonchev–Trinajstić information content (AvgIpc) is 2.65. The number of halogens is 1. The number of nitrogens with zero attached hydrogens (tertiary/aromatic N) is 2. The standard InChI is InChI=1S/C20H26BrN3O/c1-13(25)18-11-22-19-9-6-15(21)10-17(19)20(18)23-16-7-4-14(5-8-16)12-24(2)3/h6,9-11,14,16H,4-5,7-8,12H2,1-3H3,(H,22,23)/i2D3,3D3. The van der Waals surface area contributed by atoms with E-state index in [4.69, 9.17) is 8.22 Å². The molecule has 1 aliphatic carbocycles.